The third kappa shape index (κ3) is 3.33. The summed E-state index contributed by atoms with van der Waals surface area (Å²) >= 11 is 0. The van der Waals surface area contributed by atoms with E-state index in [1.807, 2.05) is 30.3 Å². The van der Waals surface area contributed by atoms with E-state index in [1.165, 1.54) is 0 Å². The van der Waals surface area contributed by atoms with Gasteiger partial charge in [-0.1, -0.05) is 37.3 Å². The van der Waals surface area contributed by atoms with Crippen molar-refractivity contribution in [3.63, 3.8) is 0 Å². The van der Waals surface area contributed by atoms with Crippen molar-refractivity contribution < 1.29 is 4.74 Å². The summed E-state index contributed by atoms with van der Waals surface area (Å²) in [4.78, 5) is 2.14. The van der Waals surface area contributed by atoms with Crippen LogP contribution in [0, 0.1) is 5.41 Å². The molecule has 0 aliphatic carbocycles. The Kier molecular flexibility index (Phi) is 4.76. The Balaban J connectivity index is 1.94. The van der Waals surface area contributed by atoms with Gasteiger partial charge in [-0.05, 0) is 19.3 Å². The van der Waals surface area contributed by atoms with Crippen LogP contribution in [0.25, 0.3) is 0 Å². The van der Waals surface area contributed by atoms with Crippen LogP contribution < -0.4 is 0 Å². The fourth-order valence-corrected chi connectivity index (χ4v) is 2.34. The van der Waals surface area contributed by atoms with Crippen LogP contribution in [0.2, 0.25) is 0 Å². The fourth-order valence-electron chi connectivity index (χ4n) is 2.34. The van der Waals surface area contributed by atoms with E-state index in [2.05, 4.69) is 11.8 Å². The molecule has 18 heavy (non-hydrogen) atoms. The lowest BCUT2D eigenvalue weighted by atomic mass is 10.1. The Hall–Kier alpha value is -1.35. The highest BCUT2D eigenvalue weighted by Gasteiger charge is 2.22. The number of ether oxygens (including phenoxy) is 1. The van der Waals surface area contributed by atoms with Crippen LogP contribution in [-0.2, 0) is 4.74 Å². The zero-order valence-corrected chi connectivity index (χ0v) is 11.1. The predicted molar refractivity (Wildman–Crippen MR) is 74.1 cm³/mol. The van der Waals surface area contributed by atoms with Crippen LogP contribution in [0.15, 0.2) is 30.3 Å². The Labute approximate surface area is 109 Å². The maximum Gasteiger partial charge on any atom is 0.128 e. The van der Waals surface area contributed by atoms with E-state index in [0.29, 0.717) is 11.9 Å². The summed E-state index contributed by atoms with van der Waals surface area (Å²) in [5.41, 5.74) is 0.994. The molecule has 98 valence electrons. The lowest BCUT2D eigenvalue weighted by Gasteiger charge is -2.34. The second-order valence-electron chi connectivity index (χ2n) is 4.80. The molecule has 1 aliphatic rings. The fraction of sp³-hybridized carbons (Fsp3) is 0.533. The van der Waals surface area contributed by atoms with Crippen LogP contribution in [0.3, 0.4) is 0 Å². The number of nitrogens with zero attached hydrogens (tertiary/aromatic N) is 1. The predicted octanol–water partition coefficient (Wildman–Crippen LogP) is 2.90. The number of benzene rings is 1. The molecule has 3 heteroatoms. The molecule has 1 N–H and O–H groups in total. The Morgan fingerprint density at radius 1 is 1.39 bits per heavy atom. The third-order valence-corrected chi connectivity index (χ3v) is 3.30. The summed E-state index contributed by atoms with van der Waals surface area (Å²) in [5.74, 6) is 0.625. The summed E-state index contributed by atoms with van der Waals surface area (Å²) in [7, 11) is 0. The monoisotopic (exact) mass is 246 g/mol. The lowest BCUT2D eigenvalue weighted by Crippen LogP contribution is -2.43. The zero-order chi connectivity index (χ0) is 12.8. The van der Waals surface area contributed by atoms with Crippen molar-refractivity contribution in [2.45, 2.75) is 32.3 Å². The van der Waals surface area contributed by atoms with Gasteiger partial charge in [0.2, 0.25) is 0 Å². The Morgan fingerprint density at radius 3 is 2.89 bits per heavy atom. The largest absolute Gasteiger partial charge is 0.376 e. The molecule has 0 amide bonds. The number of rotatable bonds is 4. The SMILES string of the molecule is CCCOC1CCCN(C(=N)c2ccccc2)C1. The lowest BCUT2D eigenvalue weighted by molar-refractivity contribution is 0.0165. The number of piperidine rings is 1. The van der Waals surface area contributed by atoms with Crippen molar-refractivity contribution in [1.29, 1.82) is 5.41 Å². The minimum atomic E-state index is 0.294. The van der Waals surface area contributed by atoms with Crippen LogP contribution in [0.5, 0.6) is 0 Å². The topological polar surface area (TPSA) is 36.3 Å². The maximum absolute atomic E-state index is 8.26. The van der Waals surface area contributed by atoms with Gasteiger partial charge >= 0.3 is 0 Å². The highest BCUT2D eigenvalue weighted by molar-refractivity contribution is 5.96. The molecule has 0 spiro atoms. The van der Waals surface area contributed by atoms with Gasteiger partial charge in [-0.2, -0.15) is 0 Å². The molecule has 0 aromatic heterocycles. The summed E-state index contributed by atoms with van der Waals surface area (Å²) < 4.78 is 5.81. The molecule has 1 aromatic rings. The van der Waals surface area contributed by atoms with Crippen LogP contribution in [0.4, 0.5) is 0 Å². The minimum Gasteiger partial charge on any atom is -0.376 e. The standard InChI is InChI=1S/C15H22N2O/c1-2-11-18-14-9-6-10-17(12-14)15(16)13-7-4-3-5-8-13/h3-5,7-8,14,16H,2,6,9-12H2,1H3. The first-order valence-corrected chi connectivity index (χ1v) is 6.81. The first-order valence-electron chi connectivity index (χ1n) is 6.81. The molecule has 1 aliphatic heterocycles. The van der Waals surface area contributed by atoms with Crippen LogP contribution in [-0.4, -0.2) is 36.5 Å². The first kappa shape index (κ1) is 13.1. The molecular formula is C15H22N2O. The molecule has 1 heterocycles. The quantitative estimate of drug-likeness (QED) is 0.655. The van der Waals surface area contributed by atoms with E-state index in [0.717, 1.165) is 44.5 Å². The molecule has 1 unspecified atom stereocenters. The van der Waals surface area contributed by atoms with E-state index in [4.69, 9.17) is 10.1 Å². The third-order valence-electron chi connectivity index (χ3n) is 3.30. The van der Waals surface area contributed by atoms with Crippen molar-refractivity contribution in [3.05, 3.63) is 35.9 Å². The van der Waals surface area contributed by atoms with Gasteiger partial charge in [-0.3, -0.25) is 5.41 Å². The Bertz CT molecular complexity index is 377. The van der Waals surface area contributed by atoms with Gasteiger partial charge in [-0.25, -0.2) is 0 Å². The molecule has 0 saturated carbocycles. The summed E-state index contributed by atoms with van der Waals surface area (Å²) in [6.07, 6.45) is 3.59. The zero-order valence-electron chi connectivity index (χ0n) is 11.1. The number of hydrogen-bond acceptors (Lipinski definition) is 2. The van der Waals surface area contributed by atoms with E-state index in [-0.39, 0.29) is 0 Å². The van der Waals surface area contributed by atoms with Gasteiger partial charge in [0.15, 0.2) is 0 Å². The average Bonchev–Trinajstić information content (AvgIpc) is 2.45. The van der Waals surface area contributed by atoms with E-state index in [9.17, 15) is 0 Å². The van der Waals surface area contributed by atoms with Gasteiger partial charge in [-0.15, -0.1) is 0 Å². The molecular weight excluding hydrogens is 224 g/mol. The molecule has 1 saturated heterocycles. The number of nitrogens with one attached hydrogen (secondary N) is 1. The number of likely N-dealkylation sites (tertiary alicyclic amines) is 1. The van der Waals surface area contributed by atoms with Crippen molar-refractivity contribution in [2.75, 3.05) is 19.7 Å². The molecule has 1 aromatic carbocycles. The highest BCUT2D eigenvalue weighted by Crippen LogP contribution is 2.16. The second-order valence-corrected chi connectivity index (χ2v) is 4.80. The van der Waals surface area contributed by atoms with Crippen molar-refractivity contribution in [2.24, 2.45) is 0 Å². The van der Waals surface area contributed by atoms with Crippen molar-refractivity contribution in [3.8, 4) is 0 Å². The normalized spacial score (nSPS) is 19.8. The maximum atomic E-state index is 8.26. The average molecular weight is 246 g/mol. The molecule has 3 nitrogen and oxygen atoms in total. The van der Waals surface area contributed by atoms with E-state index < -0.39 is 0 Å². The molecule has 0 radical (unpaired) electrons. The van der Waals surface area contributed by atoms with Crippen molar-refractivity contribution >= 4 is 5.84 Å². The molecule has 1 fully saturated rings. The Morgan fingerprint density at radius 2 is 2.17 bits per heavy atom. The second kappa shape index (κ2) is 6.55. The smallest absolute Gasteiger partial charge is 0.128 e. The molecule has 2 rings (SSSR count). The van der Waals surface area contributed by atoms with Crippen LogP contribution in [0.1, 0.15) is 31.7 Å². The number of amidine groups is 1. The molecule has 0 bridgehead atoms. The minimum absolute atomic E-state index is 0.294. The van der Waals surface area contributed by atoms with Gasteiger partial charge in [0.05, 0.1) is 6.10 Å². The van der Waals surface area contributed by atoms with Gasteiger partial charge < -0.3 is 9.64 Å². The molecule has 1 atom stereocenters. The summed E-state index contributed by atoms with van der Waals surface area (Å²) in [5, 5.41) is 8.26. The highest BCUT2D eigenvalue weighted by atomic mass is 16.5. The number of hydrogen-bond donors (Lipinski definition) is 1. The van der Waals surface area contributed by atoms with E-state index >= 15 is 0 Å². The van der Waals surface area contributed by atoms with Crippen molar-refractivity contribution in [1.82, 2.24) is 4.90 Å². The summed E-state index contributed by atoms with van der Waals surface area (Å²) in [6, 6.07) is 9.95. The van der Waals surface area contributed by atoms with Gasteiger partial charge in [0.25, 0.3) is 0 Å². The van der Waals surface area contributed by atoms with Gasteiger partial charge in [0, 0.05) is 25.3 Å². The van der Waals surface area contributed by atoms with Gasteiger partial charge in [0.1, 0.15) is 5.84 Å². The summed E-state index contributed by atoms with van der Waals surface area (Å²) in [6.45, 7) is 4.79. The van der Waals surface area contributed by atoms with Crippen LogP contribution >= 0.6 is 0 Å². The first-order chi connectivity index (χ1) is 8.81. The van der Waals surface area contributed by atoms with E-state index in [1.54, 1.807) is 0 Å².